The van der Waals surface area contributed by atoms with Gasteiger partial charge in [-0.05, 0) is 48.2 Å². The van der Waals surface area contributed by atoms with E-state index in [0.717, 1.165) is 19.3 Å². The van der Waals surface area contributed by atoms with Crippen molar-refractivity contribution >= 4 is 18.0 Å². The zero-order chi connectivity index (χ0) is 21.3. The molecule has 30 heavy (non-hydrogen) atoms. The summed E-state index contributed by atoms with van der Waals surface area (Å²) in [5.41, 5.74) is 0.740. The number of benzene rings is 1. The molecule has 0 spiro atoms. The van der Waals surface area contributed by atoms with Gasteiger partial charge in [0.05, 0.1) is 0 Å². The number of rotatable bonds is 8. The highest BCUT2D eigenvalue weighted by atomic mass is 16.5. The van der Waals surface area contributed by atoms with Crippen LogP contribution in [0.2, 0.25) is 0 Å². The Morgan fingerprint density at radius 3 is 2.63 bits per heavy atom. The van der Waals surface area contributed by atoms with Crippen LogP contribution in [0.1, 0.15) is 49.7 Å². The van der Waals surface area contributed by atoms with Crippen molar-refractivity contribution in [2.24, 2.45) is 5.92 Å². The van der Waals surface area contributed by atoms with Gasteiger partial charge in [0.15, 0.2) is 0 Å². The van der Waals surface area contributed by atoms with Crippen LogP contribution in [0, 0.1) is 17.2 Å². The van der Waals surface area contributed by atoms with Gasteiger partial charge in [-0.25, -0.2) is 9.78 Å². The standard InChI is InChI=1S/C23H23N3O4/c24-15-18-6-3-13-25-22(18)30-19-10-7-17(8-11-19)14-20(23(28)29)26-21(27)12-9-16-4-1-2-5-16/h3,6-8,10-11,13-14,16H,1-2,4-5,9,12H2,(H,26,27)(H,28,29). The van der Waals surface area contributed by atoms with Crippen LogP contribution in [-0.2, 0) is 9.59 Å². The Morgan fingerprint density at radius 1 is 1.23 bits per heavy atom. The lowest BCUT2D eigenvalue weighted by molar-refractivity contribution is -0.134. The minimum absolute atomic E-state index is 0.170. The number of carbonyl (C=O) groups is 2. The van der Waals surface area contributed by atoms with E-state index < -0.39 is 5.97 Å². The second kappa shape index (κ2) is 10.2. The Balaban J connectivity index is 1.63. The molecule has 7 heteroatoms. The van der Waals surface area contributed by atoms with E-state index >= 15 is 0 Å². The number of hydrogen-bond donors (Lipinski definition) is 2. The highest BCUT2D eigenvalue weighted by Crippen LogP contribution is 2.28. The summed E-state index contributed by atoms with van der Waals surface area (Å²) in [5.74, 6) is -0.253. The van der Waals surface area contributed by atoms with Crippen molar-refractivity contribution in [3.8, 4) is 17.7 Å². The van der Waals surface area contributed by atoms with Crippen molar-refractivity contribution in [3.63, 3.8) is 0 Å². The molecule has 0 unspecified atom stereocenters. The molecule has 3 rings (SSSR count). The number of nitrogens with zero attached hydrogens (tertiary/aromatic N) is 2. The third-order valence-electron chi connectivity index (χ3n) is 5.06. The van der Waals surface area contributed by atoms with Crippen molar-refractivity contribution in [2.75, 3.05) is 0 Å². The first kappa shape index (κ1) is 21.1. The van der Waals surface area contributed by atoms with E-state index in [1.165, 1.54) is 25.1 Å². The highest BCUT2D eigenvalue weighted by Gasteiger charge is 2.18. The van der Waals surface area contributed by atoms with Gasteiger partial charge in [-0.1, -0.05) is 37.8 Å². The summed E-state index contributed by atoms with van der Waals surface area (Å²) in [5, 5.41) is 21.0. The SMILES string of the molecule is N#Cc1cccnc1Oc1ccc(C=C(NC(=O)CCC2CCCC2)C(=O)O)cc1. The molecular weight excluding hydrogens is 382 g/mol. The normalized spacial score (nSPS) is 14.2. The summed E-state index contributed by atoms with van der Waals surface area (Å²) in [6, 6.07) is 11.9. The number of carboxylic acids is 1. The minimum Gasteiger partial charge on any atom is -0.477 e. The van der Waals surface area contributed by atoms with Crippen molar-refractivity contribution < 1.29 is 19.4 Å². The summed E-state index contributed by atoms with van der Waals surface area (Å²) >= 11 is 0. The predicted octanol–water partition coefficient (Wildman–Crippen LogP) is 4.26. The van der Waals surface area contributed by atoms with E-state index in [1.54, 1.807) is 36.4 Å². The Bertz CT molecular complexity index is 971. The Hall–Kier alpha value is -3.66. The van der Waals surface area contributed by atoms with Crippen LogP contribution in [-0.4, -0.2) is 22.0 Å². The molecular formula is C23H23N3O4. The van der Waals surface area contributed by atoms with Crippen LogP contribution >= 0.6 is 0 Å². The molecule has 0 atom stereocenters. The van der Waals surface area contributed by atoms with Crippen LogP contribution in [0.3, 0.4) is 0 Å². The number of nitrogens with one attached hydrogen (secondary N) is 1. The quantitative estimate of drug-likeness (QED) is 0.635. The molecule has 0 saturated heterocycles. The summed E-state index contributed by atoms with van der Waals surface area (Å²) < 4.78 is 5.61. The van der Waals surface area contributed by atoms with Gasteiger partial charge in [0.1, 0.15) is 23.1 Å². The molecule has 1 aliphatic rings. The molecule has 1 saturated carbocycles. The van der Waals surface area contributed by atoms with Crippen LogP contribution in [0.25, 0.3) is 6.08 Å². The molecule has 1 aromatic heterocycles. The van der Waals surface area contributed by atoms with Crippen molar-refractivity contribution in [1.82, 2.24) is 10.3 Å². The van der Waals surface area contributed by atoms with Gasteiger partial charge in [0, 0.05) is 12.6 Å². The van der Waals surface area contributed by atoms with E-state index in [1.807, 2.05) is 6.07 Å². The second-order valence-corrected chi connectivity index (χ2v) is 7.24. The lowest BCUT2D eigenvalue weighted by atomic mass is 10.0. The van der Waals surface area contributed by atoms with Crippen LogP contribution in [0.15, 0.2) is 48.3 Å². The van der Waals surface area contributed by atoms with Crippen LogP contribution in [0.5, 0.6) is 11.6 Å². The molecule has 1 amide bonds. The number of nitriles is 1. The van der Waals surface area contributed by atoms with Crippen molar-refractivity contribution in [3.05, 3.63) is 59.4 Å². The molecule has 0 bridgehead atoms. The zero-order valence-electron chi connectivity index (χ0n) is 16.5. The number of ether oxygens (including phenoxy) is 1. The third-order valence-corrected chi connectivity index (χ3v) is 5.06. The zero-order valence-corrected chi connectivity index (χ0v) is 16.5. The summed E-state index contributed by atoms with van der Waals surface area (Å²) in [7, 11) is 0. The molecule has 154 valence electrons. The largest absolute Gasteiger partial charge is 0.477 e. The Kier molecular flexibility index (Phi) is 7.17. The highest BCUT2D eigenvalue weighted by molar-refractivity contribution is 5.96. The first-order valence-electron chi connectivity index (χ1n) is 9.93. The Morgan fingerprint density at radius 2 is 1.97 bits per heavy atom. The van der Waals surface area contributed by atoms with E-state index in [-0.39, 0.29) is 17.5 Å². The van der Waals surface area contributed by atoms with E-state index in [4.69, 9.17) is 10.00 Å². The Labute approximate surface area is 175 Å². The third kappa shape index (κ3) is 5.92. The molecule has 7 nitrogen and oxygen atoms in total. The van der Waals surface area contributed by atoms with Crippen LogP contribution < -0.4 is 10.1 Å². The maximum absolute atomic E-state index is 12.2. The minimum atomic E-state index is -1.20. The molecule has 2 aromatic rings. The molecule has 1 aliphatic carbocycles. The average Bonchev–Trinajstić information content (AvgIpc) is 3.27. The van der Waals surface area contributed by atoms with Gasteiger partial charge in [-0.15, -0.1) is 0 Å². The molecule has 1 heterocycles. The van der Waals surface area contributed by atoms with Gasteiger partial charge < -0.3 is 15.2 Å². The summed E-state index contributed by atoms with van der Waals surface area (Å²) in [6.45, 7) is 0. The first-order valence-corrected chi connectivity index (χ1v) is 9.93. The molecule has 1 aromatic carbocycles. The summed E-state index contributed by atoms with van der Waals surface area (Å²) in [4.78, 5) is 27.7. The number of hydrogen-bond acceptors (Lipinski definition) is 5. The lowest BCUT2D eigenvalue weighted by Crippen LogP contribution is -2.27. The number of pyridine rings is 1. The second-order valence-electron chi connectivity index (χ2n) is 7.24. The van der Waals surface area contributed by atoms with Crippen LogP contribution in [0.4, 0.5) is 0 Å². The lowest BCUT2D eigenvalue weighted by Gasteiger charge is -2.10. The van der Waals surface area contributed by atoms with Crippen molar-refractivity contribution in [2.45, 2.75) is 38.5 Å². The van der Waals surface area contributed by atoms with Gasteiger partial charge in [0.2, 0.25) is 11.8 Å². The van der Waals surface area contributed by atoms with E-state index in [2.05, 4.69) is 10.3 Å². The topological polar surface area (TPSA) is 112 Å². The molecule has 0 aliphatic heterocycles. The molecule has 0 radical (unpaired) electrons. The van der Waals surface area contributed by atoms with E-state index in [9.17, 15) is 14.7 Å². The fraction of sp³-hybridized carbons (Fsp3) is 0.304. The molecule has 1 fully saturated rings. The maximum Gasteiger partial charge on any atom is 0.352 e. The fourth-order valence-electron chi connectivity index (χ4n) is 3.47. The average molecular weight is 405 g/mol. The van der Waals surface area contributed by atoms with E-state index in [0.29, 0.717) is 29.2 Å². The number of aliphatic carboxylic acids is 1. The molecule has 2 N–H and O–H groups in total. The number of carboxylic acid groups (broad SMARTS) is 1. The fourth-order valence-corrected chi connectivity index (χ4v) is 3.47. The number of carbonyl (C=O) groups excluding carboxylic acids is 1. The summed E-state index contributed by atoms with van der Waals surface area (Å²) in [6.07, 6.45) is 8.78. The van der Waals surface area contributed by atoms with Gasteiger partial charge in [0.25, 0.3) is 0 Å². The predicted molar refractivity (Wildman–Crippen MR) is 110 cm³/mol. The van der Waals surface area contributed by atoms with Gasteiger partial charge in [-0.3, -0.25) is 4.79 Å². The number of aromatic nitrogens is 1. The smallest absolute Gasteiger partial charge is 0.352 e. The maximum atomic E-state index is 12.2. The first-order chi connectivity index (χ1) is 14.5. The number of amides is 1. The van der Waals surface area contributed by atoms with Gasteiger partial charge >= 0.3 is 5.97 Å². The monoisotopic (exact) mass is 405 g/mol. The van der Waals surface area contributed by atoms with Gasteiger partial charge in [-0.2, -0.15) is 5.26 Å². The van der Waals surface area contributed by atoms with Crippen molar-refractivity contribution in [1.29, 1.82) is 5.26 Å².